The maximum absolute atomic E-state index is 13.0. The van der Waals surface area contributed by atoms with Crippen LogP contribution in [0, 0.1) is 0 Å². The van der Waals surface area contributed by atoms with Crippen LogP contribution >= 0.6 is 0 Å². The highest BCUT2D eigenvalue weighted by atomic mass is 16.2. The number of benzene rings is 1. The molecule has 1 fully saturated rings. The molecule has 2 amide bonds. The number of nitrogens with zero attached hydrogens (tertiary/aromatic N) is 2. The fourth-order valence-electron chi connectivity index (χ4n) is 3.96. The molecule has 1 saturated heterocycles. The normalized spacial score (nSPS) is 21.2. The lowest BCUT2D eigenvalue weighted by atomic mass is 9.95. The number of nitrogens with one attached hydrogen (secondary N) is 1. The number of likely N-dealkylation sites (tertiary alicyclic amines) is 1. The number of piperidine rings is 1. The molecule has 1 aromatic carbocycles. The van der Waals surface area contributed by atoms with Crippen molar-refractivity contribution in [3.8, 4) is 0 Å². The SMILES string of the molecule is CCN1CCCCC1C(=O)N1CCc2c(cccc2NC(C)=O)C1. The first-order chi connectivity index (χ1) is 11.6. The van der Waals surface area contributed by atoms with Gasteiger partial charge in [-0.3, -0.25) is 14.5 Å². The lowest BCUT2D eigenvalue weighted by Crippen LogP contribution is -2.51. The molecule has 1 aromatic rings. The second-order valence-electron chi connectivity index (χ2n) is 6.77. The molecule has 2 heterocycles. The Morgan fingerprint density at radius 3 is 2.83 bits per heavy atom. The number of rotatable bonds is 3. The van der Waals surface area contributed by atoms with Crippen molar-refractivity contribution < 1.29 is 9.59 Å². The molecule has 3 rings (SSSR count). The summed E-state index contributed by atoms with van der Waals surface area (Å²) in [6, 6.07) is 6.01. The minimum Gasteiger partial charge on any atom is -0.337 e. The van der Waals surface area contributed by atoms with Gasteiger partial charge in [0.1, 0.15) is 0 Å². The summed E-state index contributed by atoms with van der Waals surface area (Å²) >= 11 is 0. The average Bonchev–Trinajstić information content (AvgIpc) is 2.60. The van der Waals surface area contributed by atoms with Gasteiger partial charge in [0.15, 0.2) is 0 Å². The molecule has 0 saturated carbocycles. The number of hydrogen-bond donors (Lipinski definition) is 1. The Hall–Kier alpha value is -1.88. The topological polar surface area (TPSA) is 52.7 Å². The fourth-order valence-corrected chi connectivity index (χ4v) is 3.96. The van der Waals surface area contributed by atoms with Crippen LogP contribution in [0.1, 0.15) is 44.2 Å². The summed E-state index contributed by atoms with van der Waals surface area (Å²) in [7, 11) is 0. The van der Waals surface area contributed by atoms with E-state index in [1.54, 1.807) is 0 Å². The molecule has 0 aliphatic carbocycles. The molecule has 24 heavy (non-hydrogen) atoms. The van der Waals surface area contributed by atoms with Crippen molar-refractivity contribution >= 4 is 17.5 Å². The van der Waals surface area contributed by atoms with Gasteiger partial charge in [-0.1, -0.05) is 25.5 Å². The van der Waals surface area contributed by atoms with Gasteiger partial charge in [0, 0.05) is 25.7 Å². The van der Waals surface area contributed by atoms with E-state index < -0.39 is 0 Å². The van der Waals surface area contributed by atoms with Crippen molar-refractivity contribution in [3.05, 3.63) is 29.3 Å². The molecule has 1 atom stereocenters. The number of carbonyl (C=O) groups excluding carboxylic acids is 2. The predicted molar refractivity (Wildman–Crippen MR) is 94.8 cm³/mol. The highest BCUT2D eigenvalue weighted by Crippen LogP contribution is 2.28. The van der Waals surface area contributed by atoms with E-state index in [1.807, 2.05) is 17.0 Å². The summed E-state index contributed by atoms with van der Waals surface area (Å²) in [5, 5.41) is 2.91. The molecule has 130 valence electrons. The molecule has 2 aliphatic heterocycles. The van der Waals surface area contributed by atoms with Gasteiger partial charge in [-0.2, -0.15) is 0 Å². The number of anilines is 1. The first kappa shape index (κ1) is 17.0. The van der Waals surface area contributed by atoms with Crippen molar-refractivity contribution in [2.75, 3.05) is 25.0 Å². The van der Waals surface area contributed by atoms with Crippen LogP contribution in [0.3, 0.4) is 0 Å². The molecule has 2 aliphatic rings. The molecule has 0 bridgehead atoms. The Balaban J connectivity index is 1.75. The Bertz CT molecular complexity index is 629. The van der Waals surface area contributed by atoms with Crippen molar-refractivity contribution in [3.63, 3.8) is 0 Å². The molecule has 1 unspecified atom stereocenters. The lowest BCUT2D eigenvalue weighted by molar-refractivity contribution is -0.139. The number of fused-ring (bicyclic) bond motifs is 1. The lowest BCUT2D eigenvalue weighted by Gasteiger charge is -2.39. The minimum atomic E-state index is -0.0531. The minimum absolute atomic E-state index is 0.0452. The smallest absolute Gasteiger partial charge is 0.240 e. The van der Waals surface area contributed by atoms with E-state index in [0.29, 0.717) is 6.54 Å². The number of carbonyl (C=O) groups is 2. The molecular formula is C19H27N3O2. The van der Waals surface area contributed by atoms with Crippen LogP contribution in [0.25, 0.3) is 0 Å². The average molecular weight is 329 g/mol. The molecule has 5 heteroatoms. The quantitative estimate of drug-likeness (QED) is 0.926. The molecule has 5 nitrogen and oxygen atoms in total. The Morgan fingerprint density at radius 2 is 2.08 bits per heavy atom. The number of likely N-dealkylation sites (N-methyl/N-ethyl adjacent to an activating group) is 1. The Kier molecular flexibility index (Phi) is 5.19. The molecular weight excluding hydrogens is 302 g/mol. The van der Waals surface area contributed by atoms with Gasteiger partial charge in [0.25, 0.3) is 0 Å². The zero-order valence-electron chi connectivity index (χ0n) is 14.7. The maximum atomic E-state index is 13.0. The largest absolute Gasteiger partial charge is 0.337 e. The van der Waals surface area contributed by atoms with Gasteiger partial charge >= 0.3 is 0 Å². The van der Waals surface area contributed by atoms with Crippen molar-refractivity contribution in [2.24, 2.45) is 0 Å². The molecule has 0 radical (unpaired) electrons. The van der Waals surface area contributed by atoms with Crippen LogP contribution in [0.2, 0.25) is 0 Å². The van der Waals surface area contributed by atoms with E-state index >= 15 is 0 Å². The van der Waals surface area contributed by atoms with Crippen LogP contribution in [-0.2, 0) is 22.6 Å². The monoisotopic (exact) mass is 329 g/mol. The van der Waals surface area contributed by atoms with Crippen molar-refractivity contribution in [2.45, 2.75) is 52.1 Å². The van der Waals surface area contributed by atoms with E-state index in [-0.39, 0.29) is 17.9 Å². The van der Waals surface area contributed by atoms with E-state index in [9.17, 15) is 9.59 Å². The maximum Gasteiger partial charge on any atom is 0.240 e. The third-order valence-corrected chi connectivity index (χ3v) is 5.19. The van der Waals surface area contributed by atoms with Gasteiger partial charge in [0.05, 0.1) is 6.04 Å². The van der Waals surface area contributed by atoms with Gasteiger partial charge in [-0.15, -0.1) is 0 Å². The highest BCUT2D eigenvalue weighted by molar-refractivity contribution is 5.90. The van der Waals surface area contributed by atoms with E-state index in [2.05, 4.69) is 23.2 Å². The van der Waals surface area contributed by atoms with Crippen LogP contribution in [0.4, 0.5) is 5.69 Å². The molecule has 1 N–H and O–H groups in total. The second kappa shape index (κ2) is 7.34. The first-order valence-corrected chi connectivity index (χ1v) is 9.01. The highest BCUT2D eigenvalue weighted by Gasteiger charge is 2.32. The summed E-state index contributed by atoms with van der Waals surface area (Å²) < 4.78 is 0. The van der Waals surface area contributed by atoms with Gasteiger partial charge < -0.3 is 10.2 Å². The summed E-state index contributed by atoms with van der Waals surface area (Å²) in [4.78, 5) is 28.7. The van der Waals surface area contributed by atoms with Crippen LogP contribution < -0.4 is 5.32 Å². The zero-order chi connectivity index (χ0) is 17.1. The summed E-state index contributed by atoms with van der Waals surface area (Å²) in [5.74, 6) is 0.217. The molecule has 0 aromatic heterocycles. The standard InChI is InChI=1S/C19H27N3O2/c1-3-21-11-5-4-9-18(21)19(24)22-12-10-16-15(13-22)7-6-8-17(16)20-14(2)23/h6-8,18H,3-5,9-13H2,1-2H3,(H,20,23). The molecule has 0 spiro atoms. The van der Waals surface area contributed by atoms with Gasteiger partial charge in [0.2, 0.25) is 11.8 Å². The van der Waals surface area contributed by atoms with Crippen molar-refractivity contribution in [1.82, 2.24) is 9.80 Å². The summed E-state index contributed by atoms with van der Waals surface area (Å²) in [6.45, 7) is 7.01. The zero-order valence-corrected chi connectivity index (χ0v) is 14.7. The van der Waals surface area contributed by atoms with Crippen molar-refractivity contribution in [1.29, 1.82) is 0 Å². The number of hydrogen-bond acceptors (Lipinski definition) is 3. The number of amides is 2. The Labute approximate surface area is 144 Å². The van der Waals surface area contributed by atoms with Crippen LogP contribution in [0.15, 0.2) is 18.2 Å². The van der Waals surface area contributed by atoms with E-state index in [0.717, 1.165) is 50.1 Å². The van der Waals surface area contributed by atoms with E-state index in [1.165, 1.54) is 18.9 Å². The summed E-state index contributed by atoms with van der Waals surface area (Å²) in [6.07, 6.45) is 4.11. The van der Waals surface area contributed by atoms with Crippen LogP contribution in [0.5, 0.6) is 0 Å². The Morgan fingerprint density at radius 1 is 1.25 bits per heavy atom. The summed E-state index contributed by atoms with van der Waals surface area (Å²) in [5.41, 5.74) is 3.22. The van der Waals surface area contributed by atoms with Gasteiger partial charge in [-0.25, -0.2) is 0 Å². The van der Waals surface area contributed by atoms with E-state index in [4.69, 9.17) is 0 Å². The van der Waals surface area contributed by atoms with Gasteiger partial charge in [-0.05, 0) is 49.5 Å². The predicted octanol–water partition coefficient (Wildman–Crippen LogP) is 2.40. The second-order valence-corrected chi connectivity index (χ2v) is 6.77. The third-order valence-electron chi connectivity index (χ3n) is 5.19. The fraction of sp³-hybridized carbons (Fsp3) is 0.579. The van der Waals surface area contributed by atoms with Crippen LogP contribution in [-0.4, -0.2) is 47.3 Å². The first-order valence-electron chi connectivity index (χ1n) is 9.01. The third kappa shape index (κ3) is 3.46.